The summed E-state index contributed by atoms with van der Waals surface area (Å²) < 4.78 is 0. The van der Waals surface area contributed by atoms with E-state index in [1.54, 1.807) is 0 Å². The van der Waals surface area contributed by atoms with Gasteiger partial charge in [-0.25, -0.2) is 0 Å². The van der Waals surface area contributed by atoms with Crippen LogP contribution in [-0.2, 0) is 4.79 Å². The van der Waals surface area contributed by atoms with E-state index in [4.69, 9.17) is 5.11 Å². The molecule has 0 aromatic heterocycles. The van der Waals surface area contributed by atoms with Gasteiger partial charge in [-0.1, -0.05) is 0 Å². The molecule has 1 fully saturated rings. The van der Waals surface area contributed by atoms with E-state index in [1.165, 1.54) is 0 Å². The van der Waals surface area contributed by atoms with Crippen LogP contribution >= 0.6 is 0 Å². The summed E-state index contributed by atoms with van der Waals surface area (Å²) in [6.07, 6.45) is 0.388. The van der Waals surface area contributed by atoms with Gasteiger partial charge in [0.05, 0.1) is 12.0 Å². The van der Waals surface area contributed by atoms with Crippen LogP contribution in [0.1, 0.15) is 12.8 Å². The number of nitrogens with one attached hydrogen (secondary N) is 1. The first-order valence-electron chi connectivity index (χ1n) is 3.27. The number of carbonyl (C=O) groups is 1. The van der Waals surface area contributed by atoms with Gasteiger partial charge in [-0.15, -0.1) is 0 Å². The largest absolute Gasteiger partial charge is 0.481 e. The first-order chi connectivity index (χ1) is 4.62. The molecule has 1 saturated heterocycles. The predicted molar refractivity (Wildman–Crippen MR) is 34.7 cm³/mol. The van der Waals surface area contributed by atoms with E-state index in [9.17, 15) is 9.90 Å². The highest BCUT2D eigenvalue weighted by atomic mass is 16.4. The second kappa shape index (κ2) is 2.56. The molecule has 4 heteroatoms. The van der Waals surface area contributed by atoms with Crippen molar-refractivity contribution in [1.82, 2.24) is 5.32 Å². The minimum atomic E-state index is -0.994. The van der Waals surface area contributed by atoms with E-state index < -0.39 is 11.6 Å². The fourth-order valence-electron chi connectivity index (χ4n) is 1.16. The van der Waals surface area contributed by atoms with Crippen LogP contribution in [0.3, 0.4) is 0 Å². The van der Waals surface area contributed by atoms with Gasteiger partial charge in [0.15, 0.2) is 0 Å². The minimum absolute atomic E-state index is 0.153. The zero-order valence-corrected chi connectivity index (χ0v) is 5.63. The van der Waals surface area contributed by atoms with Crippen LogP contribution in [0.25, 0.3) is 0 Å². The van der Waals surface area contributed by atoms with Crippen LogP contribution in [0.15, 0.2) is 0 Å². The third kappa shape index (κ3) is 1.68. The first kappa shape index (κ1) is 7.50. The van der Waals surface area contributed by atoms with Gasteiger partial charge in [-0.3, -0.25) is 4.79 Å². The monoisotopic (exact) mass is 145 g/mol. The second-order valence-corrected chi connectivity index (χ2v) is 2.72. The van der Waals surface area contributed by atoms with E-state index >= 15 is 0 Å². The molecule has 1 aliphatic rings. The third-order valence-electron chi connectivity index (χ3n) is 1.70. The van der Waals surface area contributed by atoms with Crippen molar-refractivity contribution < 1.29 is 15.0 Å². The van der Waals surface area contributed by atoms with Gasteiger partial charge in [-0.2, -0.15) is 0 Å². The number of hydrogen-bond donors (Lipinski definition) is 3. The minimum Gasteiger partial charge on any atom is -0.481 e. The molecule has 1 aliphatic heterocycles. The fraction of sp³-hybridized carbons (Fsp3) is 0.833. The molecule has 0 aliphatic carbocycles. The highest BCUT2D eigenvalue weighted by molar-refractivity contribution is 5.68. The molecule has 1 unspecified atom stereocenters. The highest BCUT2D eigenvalue weighted by Crippen LogP contribution is 2.17. The molecule has 0 amide bonds. The van der Waals surface area contributed by atoms with Crippen molar-refractivity contribution >= 4 is 5.97 Å². The zero-order chi connectivity index (χ0) is 7.61. The summed E-state index contributed by atoms with van der Waals surface area (Å²) in [5.74, 6) is -0.939. The summed E-state index contributed by atoms with van der Waals surface area (Å²) in [6, 6.07) is 0. The van der Waals surface area contributed by atoms with Crippen molar-refractivity contribution in [3.8, 4) is 0 Å². The molecule has 0 saturated carbocycles. The number of carboxylic acid groups (broad SMARTS) is 1. The van der Waals surface area contributed by atoms with Crippen LogP contribution in [-0.4, -0.2) is 34.9 Å². The lowest BCUT2D eigenvalue weighted by Gasteiger charge is -2.17. The molecule has 0 bridgehead atoms. The average molecular weight is 145 g/mol. The maximum atomic E-state index is 10.2. The van der Waals surface area contributed by atoms with Crippen molar-refractivity contribution in [3.05, 3.63) is 0 Å². The van der Waals surface area contributed by atoms with E-state index in [0.717, 1.165) is 0 Å². The zero-order valence-electron chi connectivity index (χ0n) is 5.63. The Hall–Kier alpha value is -0.610. The third-order valence-corrected chi connectivity index (χ3v) is 1.70. The molecule has 1 heterocycles. The van der Waals surface area contributed by atoms with Gasteiger partial charge in [0.2, 0.25) is 0 Å². The standard InChI is InChI=1S/C6H11NO3/c8-5(9)3-6(10)1-2-7-4-6/h7,10H,1-4H2,(H,8,9). The molecule has 0 spiro atoms. The Morgan fingerprint density at radius 3 is 2.80 bits per heavy atom. The lowest BCUT2D eigenvalue weighted by atomic mass is 9.99. The number of aliphatic hydroxyl groups is 1. The normalized spacial score (nSPS) is 32.5. The molecule has 10 heavy (non-hydrogen) atoms. The highest BCUT2D eigenvalue weighted by Gasteiger charge is 2.33. The lowest BCUT2D eigenvalue weighted by molar-refractivity contribution is -0.141. The Morgan fingerprint density at radius 1 is 1.70 bits per heavy atom. The Morgan fingerprint density at radius 2 is 2.40 bits per heavy atom. The molecule has 3 N–H and O–H groups in total. The Labute approximate surface area is 58.9 Å². The van der Waals surface area contributed by atoms with Crippen LogP contribution in [0.4, 0.5) is 0 Å². The Balaban J connectivity index is 2.43. The summed E-state index contributed by atoms with van der Waals surface area (Å²) >= 11 is 0. The van der Waals surface area contributed by atoms with Crippen LogP contribution in [0.2, 0.25) is 0 Å². The van der Waals surface area contributed by atoms with Crippen molar-refractivity contribution in [1.29, 1.82) is 0 Å². The summed E-state index contributed by atoms with van der Waals surface area (Å²) in [4.78, 5) is 10.2. The van der Waals surface area contributed by atoms with E-state index in [-0.39, 0.29) is 6.42 Å². The Bertz CT molecular complexity index is 140. The summed E-state index contributed by atoms with van der Waals surface area (Å²) in [5, 5.41) is 20.7. The molecule has 58 valence electrons. The topological polar surface area (TPSA) is 69.6 Å². The maximum absolute atomic E-state index is 10.2. The van der Waals surface area contributed by atoms with Gasteiger partial charge < -0.3 is 15.5 Å². The van der Waals surface area contributed by atoms with E-state index in [0.29, 0.717) is 19.5 Å². The second-order valence-electron chi connectivity index (χ2n) is 2.72. The van der Waals surface area contributed by atoms with Crippen molar-refractivity contribution in [2.45, 2.75) is 18.4 Å². The van der Waals surface area contributed by atoms with Gasteiger partial charge in [-0.05, 0) is 13.0 Å². The summed E-state index contributed by atoms with van der Waals surface area (Å²) in [6.45, 7) is 1.11. The van der Waals surface area contributed by atoms with Crippen LogP contribution in [0.5, 0.6) is 0 Å². The molecule has 0 aromatic carbocycles. The van der Waals surface area contributed by atoms with E-state index in [1.807, 2.05) is 0 Å². The smallest absolute Gasteiger partial charge is 0.306 e. The number of β-amino-alcohol motifs (C(OH)–C–C–N with tert-alkyl or cyclic N) is 1. The van der Waals surface area contributed by atoms with Gasteiger partial charge >= 0.3 is 5.97 Å². The fourth-order valence-corrected chi connectivity index (χ4v) is 1.16. The van der Waals surface area contributed by atoms with Gasteiger partial charge in [0.25, 0.3) is 0 Å². The number of rotatable bonds is 2. The number of aliphatic carboxylic acids is 1. The van der Waals surface area contributed by atoms with Crippen molar-refractivity contribution in [2.24, 2.45) is 0 Å². The lowest BCUT2D eigenvalue weighted by Crippen LogP contribution is -2.33. The predicted octanol–water partition coefficient (Wildman–Crippen LogP) is -0.814. The maximum Gasteiger partial charge on any atom is 0.306 e. The average Bonchev–Trinajstić information content (AvgIpc) is 2.12. The summed E-state index contributed by atoms with van der Waals surface area (Å²) in [7, 11) is 0. The molecule has 4 nitrogen and oxygen atoms in total. The van der Waals surface area contributed by atoms with Gasteiger partial charge in [0.1, 0.15) is 0 Å². The van der Waals surface area contributed by atoms with Crippen molar-refractivity contribution in [2.75, 3.05) is 13.1 Å². The quantitative estimate of drug-likeness (QED) is 0.475. The molecule has 0 aromatic rings. The van der Waals surface area contributed by atoms with Crippen LogP contribution in [0, 0.1) is 0 Å². The molecule has 1 atom stereocenters. The van der Waals surface area contributed by atoms with Crippen molar-refractivity contribution in [3.63, 3.8) is 0 Å². The van der Waals surface area contributed by atoms with Crippen LogP contribution < -0.4 is 5.32 Å². The molecule has 1 rings (SSSR count). The first-order valence-corrected chi connectivity index (χ1v) is 3.27. The number of hydrogen-bond acceptors (Lipinski definition) is 3. The SMILES string of the molecule is O=C(O)CC1(O)CCNC1. The Kier molecular flexibility index (Phi) is 1.92. The number of carboxylic acids is 1. The van der Waals surface area contributed by atoms with E-state index in [2.05, 4.69) is 5.32 Å². The van der Waals surface area contributed by atoms with Gasteiger partial charge in [0, 0.05) is 6.54 Å². The summed E-state index contributed by atoms with van der Waals surface area (Å²) in [5.41, 5.74) is -0.994. The molecular formula is C6H11NO3. The molecular weight excluding hydrogens is 134 g/mol. The molecule has 0 radical (unpaired) electrons.